The van der Waals surface area contributed by atoms with Gasteiger partial charge in [0.2, 0.25) is 12.3 Å². The summed E-state index contributed by atoms with van der Waals surface area (Å²) in [5.41, 5.74) is 0.552. The van der Waals surface area contributed by atoms with Crippen LogP contribution >= 0.6 is 11.6 Å². The van der Waals surface area contributed by atoms with Crippen LogP contribution in [0.5, 0.6) is 0 Å². The van der Waals surface area contributed by atoms with Gasteiger partial charge < -0.3 is 10.1 Å². The molecule has 45 heavy (non-hydrogen) atoms. The number of pyridine rings is 1. The molecule has 8 nitrogen and oxygen atoms in total. The fourth-order valence-electron chi connectivity index (χ4n) is 5.55. The molecule has 0 radical (unpaired) electrons. The van der Waals surface area contributed by atoms with E-state index >= 15 is 0 Å². The maximum absolute atomic E-state index is 13.5. The summed E-state index contributed by atoms with van der Waals surface area (Å²) in [5.74, 6) is -3.33. The van der Waals surface area contributed by atoms with Gasteiger partial charge in [-0.2, -0.15) is 5.26 Å². The highest BCUT2D eigenvalue weighted by atomic mass is 35.5. The van der Waals surface area contributed by atoms with Crippen molar-refractivity contribution in [1.29, 1.82) is 5.26 Å². The minimum Gasteiger partial charge on any atom is -0.317 e. The van der Waals surface area contributed by atoms with Gasteiger partial charge in [0, 0.05) is 49.1 Å². The number of amides is 2. The largest absolute Gasteiger partial charge is 0.317 e. The number of aldehydes is 1. The van der Waals surface area contributed by atoms with Crippen LogP contribution in [0.15, 0.2) is 54.7 Å². The van der Waals surface area contributed by atoms with E-state index in [-0.39, 0.29) is 30.5 Å². The summed E-state index contributed by atoms with van der Waals surface area (Å²) in [6.45, 7) is 0.709. The Hall–Kier alpha value is -4.34. The SMILES string of the molecule is CNC1CC(F)(F)C1.N#Cc1ccnc(N2CCCC2=O)c1.O=CN(c1cc(F)cc(F)c1)C1(C=O)CCc2c(Cl)cccc21. The molecule has 2 aliphatic carbocycles. The van der Waals surface area contributed by atoms with Crippen LogP contribution in [-0.4, -0.2) is 49.1 Å². The summed E-state index contributed by atoms with van der Waals surface area (Å²) in [7, 11) is 1.71. The Labute approximate surface area is 262 Å². The fourth-order valence-corrected chi connectivity index (χ4v) is 5.82. The monoisotopic (exact) mass is 643 g/mol. The number of anilines is 2. The second-order valence-electron chi connectivity index (χ2n) is 10.8. The predicted octanol–water partition coefficient (Wildman–Crippen LogP) is 5.71. The maximum Gasteiger partial charge on any atom is 0.251 e. The molecular weight excluding hydrogens is 614 g/mol. The number of aromatic nitrogens is 1. The van der Waals surface area contributed by atoms with Crippen molar-refractivity contribution in [3.8, 4) is 6.07 Å². The third-order valence-corrected chi connectivity index (χ3v) is 8.27. The van der Waals surface area contributed by atoms with Crippen LogP contribution in [0.2, 0.25) is 5.02 Å². The lowest BCUT2D eigenvalue weighted by Crippen LogP contribution is -2.46. The summed E-state index contributed by atoms with van der Waals surface area (Å²) in [5, 5.41) is 12.0. The summed E-state index contributed by atoms with van der Waals surface area (Å²) in [6, 6.07) is 13.2. The van der Waals surface area contributed by atoms with E-state index in [9.17, 15) is 31.9 Å². The van der Waals surface area contributed by atoms with Crippen molar-refractivity contribution < 1.29 is 31.9 Å². The van der Waals surface area contributed by atoms with E-state index in [0.29, 0.717) is 66.5 Å². The third-order valence-electron chi connectivity index (χ3n) is 7.92. The lowest BCUT2D eigenvalue weighted by Gasteiger charge is -2.35. The van der Waals surface area contributed by atoms with Crippen LogP contribution in [0.3, 0.4) is 0 Å². The number of hydrogen-bond donors (Lipinski definition) is 1. The summed E-state index contributed by atoms with van der Waals surface area (Å²) < 4.78 is 50.9. The average molecular weight is 644 g/mol. The number of carbonyl (C=O) groups is 3. The molecule has 1 aliphatic heterocycles. The quantitative estimate of drug-likeness (QED) is 0.273. The van der Waals surface area contributed by atoms with Crippen molar-refractivity contribution in [3.63, 3.8) is 0 Å². The molecule has 2 aromatic carbocycles. The molecule has 0 bridgehead atoms. The second-order valence-corrected chi connectivity index (χ2v) is 11.2. The zero-order valence-electron chi connectivity index (χ0n) is 24.3. The van der Waals surface area contributed by atoms with Crippen LogP contribution in [0, 0.1) is 23.0 Å². The molecule has 0 spiro atoms. The third kappa shape index (κ3) is 7.49. The van der Waals surface area contributed by atoms with E-state index < -0.39 is 23.1 Å². The van der Waals surface area contributed by atoms with Crippen molar-refractivity contribution in [2.75, 3.05) is 23.4 Å². The van der Waals surface area contributed by atoms with Crippen molar-refractivity contribution in [1.82, 2.24) is 10.3 Å². The topological polar surface area (TPSA) is 106 Å². The molecule has 236 valence electrons. The first-order chi connectivity index (χ1) is 21.5. The van der Waals surface area contributed by atoms with Gasteiger partial charge in [0.1, 0.15) is 23.0 Å². The first kappa shape index (κ1) is 33.6. The molecule has 1 unspecified atom stereocenters. The molecule has 1 aromatic heterocycles. The van der Waals surface area contributed by atoms with Crippen molar-refractivity contribution in [2.45, 2.75) is 56.0 Å². The first-order valence-corrected chi connectivity index (χ1v) is 14.5. The predicted molar refractivity (Wildman–Crippen MR) is 160 cm³/mol. The number of alkyl halides is 2. The number of nitrogens with zero attached hydrogens (tertiary/aromatic N) is 4. The molecule has 2 fully saturated rings. The molecule has 2 heterocycles. The van der Waals surface area contributed by atoms with Crippen molar-refractivity contribution >= 4 is 41.7 Å². The summed E-state index contributed by atoms with van der Waals surface area (Å²) in [4.78, 5) is 41.7. The number of benzene rings is 2. The van der Waals surface area contributed by atoms with Crippen LogP contribution in [0.1, 0.15) is 48.8 Å². The Morgan fingerprint density at radius 2 is 1.82 bits per heavy atom. The zero-order chi connectivity index (χ0) is 32.8. The molecule has 1 N–H and O–H groups in total. The van der Waals surface area contributed by atoms with Gasteiger partial charge in [-0.3, -0.25) is 19.4 Å². The number of nitrogens with one attached hydrogen (secondary N) is 1. The highest BCUT2D eigenvalue weighted by molar-refractivity contribution is 6.31. The lowest BCUT2D eigenvalue weighted by atomic mass is 9.88. The Balaban J connectivity index is 0.000000176. The fraction of sp³-hybridized carbons (Fsp3) is 0.344. The number of hydrogen-bond acceptors (Lipinski definition) is 6. The molecule has 6 rings (SSSR count). The molecule has 3 aromatic rings. The summed E-state index contributed by atoms with van der Waals surface area (Å²) >= 11 is 6.16. The number of halogens is 5. The van der Waals surface area contributed by atoms with Gasteiger partial charge in [-0.25, -0.2) is 22.5 Å². The van der Waals surface area contributed by atoms with Gasteiger partial charge in [0.05, 0.1) is 17.3 Å². The highest BCUT2D eigenvalue weighted by Crippen LogP contribution is 2.44. The van der Waals surface area contributed by atoms with Crippen LogP contribution < -0.4 is 15.1 Å². The Kier molecular flexibility index (Phi) is 10.6. The van der Waals surface area contributed by atoms with Crippen LogP contribution in [-0.2, 0) is 26.3 Å². The molecule has 3 aliphatic rings. The Morgan fingerprint density at radius 1 is 1.11 bits per heavy atom. The van der Waals surface area contributed by atoms with Crippen LogP contribution in [0.25, 0.3) is 0 Å². The highest BCUT2D eigenvalue weighted by Gasteiger charge is 2.45. The maximum atomic E-state index is 13.5. The molecule has 1 saturated carbocycles. The van der Waals surface area contributed by atoms with Gasteiger partial charge >= 0.3 is 0 Å². The average Bonchev–Trinajstić information content (AvgIpc) is 3.61. The minimum absolute atomic E-state index is 0.0163. The molecule has 1 saturated heterocycles. The van der Waals surface area contributed by atoms with Gasteiger partial charge in [-0.1, -0.05) is 23.7 Å². The number of fused-ring (bicyclic) bond motifs is 1. The van der Waals surface area contributed by atoms with E-state index in [1.54, 1.807) is 48.5 Å². The number of rotatable bonds is 6. The van der Waals surface area contributed by atoms with Crippen molar-refractivity contribution in [3.05, 3.63) is 88.1 Å². The summed E-state index contributed by atoms with van der Waals surface area (Å²) in [6.07, 6.45) is 4.88. The second kappa shape index (κ2) is 14.2. The van der Waals surface area contributed by atoms with E-state index in [0.717, 1.165) is 29.0 Å². The van der Waals surface area contributed by atoms with Crippen molar-refractivity contribution in [2.24, 2.45) is 0 Å². The van der Waals surface area contributed by atoms with E-state index in [1.807, 2.05) is 6.07 Å². The number of nitriles is 1. The number of carbonyl (C=O) groups excluding carboxylic acids is 3. The first-order valence-electron chi connectivity index (χ1n) is 14.1. The van der Waals surface area contributed by atoms with Gasteiger partial charge in [-0.15, -0.1) is 0 Å². The Bertz CT molecular complexity index is 1590. The smallest absolute Gasteiger partial charge is 0.251 e. The molecular formula is C32H30ClF4N5O3. The van der Waals surface area contributed by atoms with E-state index in [1.165, 1.54) is 0 Å². The van der Waals surface area contributed by atoms with Gasteiger partial charge in [0.15, 0.2) is 6.29 Å². The minimum atomic E-state index is -2.37. The van der Waals surface area contributed by atoms with Crippen LogP contribution in [0.4, 0.5) is 29.1 Å². The molecule has 2 amide bonds. The van der Waals surface area contributed by atoms with Gasteiger partial charge in [0.25, 0.3) is 5.92 Å². The van der Waals surface area contributed by atoms with Gasteiger partial charge in [-0.05, 0) is 67.8 Å². The Morgan fingerprint density at radius 3 is 2.36 bits per heavy atom. The lowest BCUT2D eigenvalue weighted by molar-refractivity contribution is -0.117. The van der Waals surface area contributed by atoms with E-state index in [2.05, 4.69) is 10.3 Å². The molecule has 1 atom stereocenters. The zero-order valence-corrected chi connectivity index (χ0v) is 25.0. The normalized spacial score (nSPS) is 19.6. The molecule has 13 heteroatoms. The van der Waals surface area contributed by atoms with E-state index in [4.69, 9.17) is 16.9 Å². The standard InChI is InChI=1S/C17H12ClF2NO2.C10H9N3O.C5H9F2N/c18-16-3-1-2-15-14(16)4-5-17(15,9-22)21(10-23)13-7-11(19)6-12(20)8-13;11-7-8-3-4-12-9(6-8)13-5-1-2-10(13)14;1-8-4-2-5(6,7)3-4/h1-3,6-10H,4-5H2;3-4,6H,1-2,5H2;4,8H,2-3H2,1H3.